The monoisotopic (exact) mass is 485 g/mol. The summed E-state index contributed by atoms with van der Waals surface area (Å²) in [5, 5.41) is 14.2. The van der Waals surface area contributed by atoms with Gasteiger partial charge in [-0.05, 0) is 30.7 Å². The van der Waals surface area contributed by atoms with Gasteiger partial charge in [0.15, 0.2) is 0 Å². The maximum Gasteiger partial charge on any atom is 0.255 e. The van der Waals surface area contributed by atoms with Crippen molar-refractivity contribution >= 4 is 11.7 Å². The number of halogens is 1. The van der Waals surface area contributed by atoms with E-state index in [0.29, 0.717) is 64.2 Å². The minimum Gasteiger partial charge on any atom is -0.388 e. The van der Waals surface area contributed by atoms with Crippen LogP contribution in [0.1, 0.15) is 44.1 Å². The van der Waals surface area contributed by atoms with E-state index in [9.17, 15) is 19.1 Å². The number of rotatable bonds is 9. The van der Waals surface area contributed by atoms with Crippen molar-refractivity contribution in [2.75, 3.05) is 44.6 Å². The standard InChI is InChI=1S/C26H36FN5O3/c1-20(21-5-3-2-4-6-21)15-24(33)31-12-8-26(35,9-13-31)18-32-19-29-23(16-25(32)34)28-10-14-30-11-7-22(27)17-30/h2-6,16,19-20,22,28,35H,7-15,17-18H2,1H3/t20?,22-/m1/s1. The van der Waals surface area contributed by atoms with Crippen molar-refractivity contribution in [1.29, 1.82) is 0 Å². The second kappa shape index (κ2) is 11.3. The minimum atomic E-state index is -1.05. The van der Waals surface area contributed by atoms with Gasteiger partial charge in [-0.3, -0.25) is 19.1 Å². The van der Waals surface area contributed by atoms with E-state index < -0.39 is 11.8 Å². The number of likely N-dealkylation sites (tertiary alicyclic amines) is 2. The third-order valence-electron chi connectivity index (χ3n) is 7.19. The molecule has 35 heavy (non-hydrogen) atoms. The molecule has 0 spiro atoms. The third-order valence-corrected chi connectivity index (χ3v) is 7.19. The number of hydrogen-bond acceptors (Lipinski definition) is 6. The molecule has 9 heteroatoms. The van der Waals surface area contributed by atoms with E-state index in [2.05, 4.69) is 17.2 Å². The first kappa shape index (κ1) is 25.3. The van der Waals surface area contributed by atoms with Crippen molar-refractivity contribution in [3.05, 3.63) is 58.6 Å². The molecule has 190 valence electrons. The molecule has 2 aromatic rings. The van der Waals surface area contributed by atoms with E-state index in [1.165, 1.54) is 17.0 Å². The molecular formula is C26H36FN5O3. The SMILES string of the molecule is CC(CC(=O)N1CCC(O)(Cn2cnc(NCCN3CC[C@@H](F)C3)cc2=O)CC1)c1ccccc1. The Bertz CT molecular complexity index is 1040. The lowest BCUT2D eigenvalue weighted by Crippen LogP contribution is -2.49. The van der Waals surface area contributed by atoms with Gasteiger partial charge in [-0.15, -0.1) is 0 Å². The fourth-order valence-corrected chi connectivity index (χ4v) is 4.91. The first-order chi connectivity index (χ1) is 16.8. The summed E-state index contributed by atoms with van der Waals surface area (Å²) >= 11 is 0. The average molecular weight is 486 g/mol. The smallest absolute Gasteiger partial charge is 0.255 e. The van der Waals surface area contributed by atoms with Crippen molar-refractivity contribution in [3.63, 3.8) is 0 Å². The first-order valence-electron chi connectivity index (χ1n) is 12.5. The maximum absolute atomic E-state index is 13.3. The van der Waals surface area contributed by atoms with E-state index in [1.807, 2.05) is 40.1 Å². The maximum atomic E-state index is 13.3. The van der Waals surface area contributed by atoms with Gasteiger partial charge in [0, 0.05) is 51.8 Å². The van der Waals surface area contributed by atoms with Crippen LogP contribution in [0.3, 0.4) is 0 Å². The van der Waals surface area contributed by atoms with Crippen LogP contribution in [0, 0.1) is 0 Å². The molecule has 1 amide bonds. The van der Waals surface area contributed by atoms with Gasteiger partial charge >= 0.3 is 0 Å². The molecule has 2 atom stereocenters. The molecule has 0 saturated carbocycles. The van der Waals surface area contributed by atoms with Crippen molar-refractivity contribution in [2.45, 2.75) is 56.8 Å². The number of nitrogens with one attached hydrogen (secondary N) is 1. The lowest BCUT2D eigenvalue weighted by atomic mass is 9.90. The number of nitrogens with zero attached hydrogens (tertiary/aromatic N) is 4. The molecule has 2 aliphatic heterocycles. The number of aliphatic hydroxyl groups is 1. The Kier molecular flexibility index (Phi) is 8.18. The third kappa shape index (κ3) is 6.89. The van der Waals surface area contributed by atoms with E-state index in [4.69, 9.17) is 0 Å². The van der Waals surface area contributed by atoms with Gasteiger partial charge in [0.05, 0.1) is 18.5 Å². The molecule has 1 unspecified atom stereocenters. The van der Waals surface area contributed by atoms with Crippen molar-refractivity contribution in [3.8, 4) is 0 Å². The fourth-order valence-electron chi connectivity index (χ4n) is 4.91. The highest BCUT2D eigenvalue weighted by Gasteiger charge is 2.35. The molecule has 1 aromatic carbocycles. The topological polar surface area (TPSA) is 90.7 Å². The molecule has 2 saturated heterocycles. The quantitative estimate of drug-likeness (QED) is 0.566. The Hall–Kier alpha value is -2.78. The number of piperidine rings is 1. The summed E-state index contributed by atoms with van der Waals surface area (Å²) in [5.41, 5.74) is -0.152. The zero-order valence-corrected chi connectivity index (χ0v) is 20.4. The predicted molar refractivity (Wildman–Crippen MR) is 133 cm³/mol. The summed E-state index contributed by atoms with van der Waals surface area (Å²) in [6.45, 7) is 5.63. The zero-order chi connectivity index (χ0) is 24.8. The van der Waals surface area contributed by atoms with Gasteiger partial charge in [0.25, 0.3) is 5.56 Å². The highest BCUT2D eigenvalue weighted by Crippen LogP contribution is 2.26. The van der Waals surface area contributed by atoms with Crippen molar-refractivity contribution in [2.24, 2.45) is 0 Å². The molecule has 0 bridgehead atoms. The van der Waals surface area contributed by atoms with Gasteiger partial charge in [-0.25, -0.2) is 9.37 Å². The normalized spacial score (nSPS) is 21.1. The van der Waals surface area contributed by atoms with Gasteiger partial charge in [0.2, 0.25) is 5.91 Å². The first-order valence-corrected chi connectivity index (χ1v) is 12.5. The average Bonchev–Trinajstić information content (AvgIpc) is 3.26. The van der Waals surface area contributed by atoms with Crippen LogP contribution in [0.4, 0.5) is 10.2 Å². The van der Waals surface area contributed by atoms with E-state index in [0.717, 1.165) is 12.1 Å². The molecule has 4 rings (SSSR count). The molecule has 0 radical (unpaired) electrons. The van der Waals surface area contributed by atoms with Gasteiger partial charge in [0.1, 0.15) is 12.0 Å². The number of hydrogen-bond donors (Lipinski definition) is 2. The molecule has 0 aliphatic carbocycles. The summed E-state index contributed by atoms with van der Waals surface area (Å²) in [7, 11) is 0. The molecule has 3 heterocycles. The molecule has 1 aromatic heterocycles. The molecule has 8 nitrogen and oxygen atoms in total. The van der Waals surface area contributed by atoms with Crippen LogP contribution in [0.25, 0.3) is 0 Å². The van der Waals surface area contributed by atoms with Crippen LogP contribution in [-0.4, -0.2) is 81.4 Å². The number of alkyl halides is 1. The van der Waals surface area contributed by atoms with Crippen molar-refractivity contribution < 1.29 is 14.3 Å². The van der Waals surface area contributed by atoms with Crippen LogP contribution in [0.2, 0.25) is 0 Å². The second-order valence-corrected chi connectivity index (χ2v) is 9.97. The van der Waals surface area contributed by atoms with Gasteiger partial charge < -0.3 is 15.3 Å². The number of carbonyl (C=O) groups excluding carboxylic acids is 1. The number of benzene rings is 1. The zero-order valence-electron chi connectivity index (χ0n) is 20.4. The van der Waals surface area contributed by atoms with Crippen LogP contribution >= 0.6 is 0 Å². The Morgan fingerprint density at radius 1 is 1.26 bits per heavy atom. The van der Waals surface area contributed by atoms with E-state index >= 15 is 0 Å². The van der Waals surface area contributed by atoms with Crippen LogP contribution in [0.5, 0.6) is 0 Å². The Morgan fingerprint density at radius 3 is 2.66 bits per heavy atom. The molecule has 2 N–H and O–H groups in total. The van der Waals surface area contributed by atoms with Gasteiger partial charge in [-0.1, -0.05) is 37.3 Å². The number of amides is 1. The van der Waals surface area contributed by atoms with Crippen LogP contribution in [0.15, 0.2) is 47.5 Å². The van der Waals surface area contributed by atoms with E-state index in [-0.39, 0.29) is 23.9 Å². The summed E-state index contributed by atoms with van der Waals surface area (Å²) in [6.07, 6.45) is 2.55. The summed E-state index contributed by atoms with van der Waals surface area (Å²) in [6, 6.07) is 11.4. The second-order valence-electron chi connectivity index (χ2n) is 9.97. The largest absolute Gasteiger partial charge is 0.388 e. The Morgan fingerprint density at radius 2 is 2.00 bits per heavy atom. The summed E-state index contributed by atoms with van der Waals surface area (Å²) in [4.78, 5) is 33.5. The lowest BCUT2D eigenvalue weighted by molar-refractivity contribution is -0.136. The van der Waals surface area contributed by atoms with Crippen molar-refractivity contribution in [1.82, 2.24) is 19.4 Å². The molecule has 2 aliphatic rings. The Balaban J connectivity index is 1.24. The Labute approximate surface area is 205 Å². The number of aromatic nitrogens is 2. The predicted octanol–water partition coefficient (Wildman–Crippen LogP) is 2.25. The summed E-state index contributed by atoms with van der Waals surface area (Å²) in [5.74, 6) is 0.702. The summed E-state index contributed by atoms with van der Waals surface area (Å²) < 4.78 is 14.7. The highest BCUT2D eigenvalue weighted by molar-refractivity contribution is 5.77. The number of carbonyl (C=O) groups is 1. The lowest BCUT2D eigenvalue weighted by Gasteiger charge is -2.38. The van der Waals surface area contributed by atoms with Gasteiger partial charge in [-0.2, -0.15) is 0 Å². The minimum absolute atomic E-state index is 0.0913. The van der Waals surface area contributed by atoms with Crippen LogP contribution < -0.4 is 10.9 Å². The van der Waals surface area contributed by atoms with Crippen LogP contribution in [-0.2, 0) is 11.3 Å². The fraction of sp³-hybridized carbons (Fsp3) is 0.577. The molecule has 2 fully saturated rings. The number of anilines is 1. The molecular weight excluding hydrogens is 449 g/mol. The highest BCUT2D eigenvalue weighted by atomic mass is 19.1. The van der Waals surface area contributed by atoms with E-state index in [1.54, 1.807) is 0 Å².